The maximum absolute atomic E-state index is 5.72. The Morgan fingerprint density at radius 3 is 2.67 bits per heavy atom. The molecule has 4 atom stereocenters. The first-order chi connectivity index (χ1) is 5.70. The second kappa shape index (κ2) is 4.23. The first-order valence-electron chi connectivity index (χ1n) is 3.89. The van der Waals surface area contributed by atoms with Crippen molar-refractivity contribution in [1.29, 1.82) is 0 Å². The van der Waals surface area contributed by atoms with E-state index < -0.39 is 6.00 Å². The molecule has 0 saturated carbocycles. The average molecular weight is 171 g/mol. The minimum Gasteiger partial charge on any atom is -0.382 e. The van der Waals surface area contributed by atoms with Crippen LogP contribution in [0.5, 0.6) is 0 Å². The van der Waals surface area contributed by atoms with Crippen LogP contribution in [0.1, 0.15) is 0 Å². The zero-order valence-corrected chi connectivity index (χ0v) is 7.40. The lowest BCUT2D eigenvalue weighted by Gasteiger charge is -2.18. The van der Waals surface area contributed by atoms with Gasteiger partial charge in [-0.05, 0) is 0 Å². The van der Waals surface area contributed by atoms with E-state index in [0.29, 0.717) is 6.61 Å². The van der Waals surface area contributed by atoms with Crippen molar-refractivity contribution < 1.29 is 14.2 Å². The first-order valence-corrected chi connectivity index (χ1v) is 3.89. The standard InChI is InChI=1S/C7H14BNO3/c1-10-3-4-6(11-2)5(9)7(8)12-4/h4-7H,3,9H2,1-2H3/t4-,5?,6?,7-/m1/s1. The van der Waals surface area contributed by atoms with Crippen LogP contribution in [0.15, 0.2) is 0 Å². The van der Waals surface area contributed by atoms with Gasteiger partial charge < -0.3 is 19.9 Å². The fourth-order valence-corrected chi connectivity index (χ4v) is 1.41. The normalized spacial score (nSPS) is 41.9. The van der Waals surface area contributed by atoms with Crippen molar-refractivity contribution in [3.8, 4) is 0 Å². The van der Waals surface area contributed by atoms with E-state index in [1.807, 2.05) is 0 Å². The highest BCUT2D eigenvalue weighted by Gasteiger charge is 2.39. The van der Waals surface area contributed by atoms with Crippen molar-refractivity contribution >= 4 is 7.85 Å². The summed E-state index contributed by atoms with van der Waals surface area (Å²) in [5.41, 5.74) is 5.72. The molecule has 2 radical (unpaired) electrons. The zero-order chi connectivity index (χ0) is 9.14. The smallest absolute Gasteiger partial charge is 0.111 e. The lowest BCUT2D eigenvalue weighted by Crippen LogP contribution is -2.42. The van der Waals surface area contributed by atoms with Crippen molar-refractivity contribution in [2.24, 2.45) is 5.73 Å². The molecule has 1 saturated heterocycles. The molecule has 0 amide bonds. The molecule has 68 valence electrons. The van der Waals surface area contributed by atoms with Crippen molar-refractivity contribution in [3.63, 3.8) is 0 Å². The molecule has 0 aromatic carbocycles. The Bertz CT molecular complexity index is 147. The molecule has 0 aromatic heterocycles. The molecule has 0 spiro atoms. The van der Waals surface area contributed by atoms with Crippen molar-refractivity contribution in [2.75, 3.05) is 20.8 Å². The maximum atomic E-state index is 5.72. The molecule has 2 unspecified atom stereocenters. The van der Waals surface area contributed by atoms with Crippen LogP contribution in [0.3, 0.4) is 0 Å². The predicted octanol–water partition coefficient (Wildman–Crippen LogP) is -1.13. The second-order valence-corrected chi connectivity index (χ2v) is 2.87. The third-order valence-electron chi connectivity index (χ3n) is 2.06. The third kappa shape index (κ3) is 1.80. The summed E-state index contributed by atoms with van der Waals surface area (Å²) in [6, 6.07) is -0.717. The van der Waals surface area contributed by atoms with Crippen LogP contribution in [0.25, 0.3) is 0 Å². The van der Waals surface area contributed by atoms with Gasteiger partial charge in [0.2, 0.25) is 0 Å². The average Bonchev–Trinajstić information content (AvgIpc) is 2.29. The Morgan fingerprint density at radius 2 is 2.17 bits per heavy atom. The molecule has 2 N–H and O–H groups in total. The number of nitrogens with two attached hydrogens (primary N) is 1. The van der Waals surface area contributed by atoms with E-state index in [4.69, 9.17) is 27.8 Å². The van der Waals surface area contributed by atoms with Crippen LogP contribution >= 0.6 is 0 Å². The molecule has 1 heterocycles. The Balaban J connectivity index is 2.52. The lowest BCUT2D eigenvalue weighted by atomic mass is 9.91. The van der Waals surface area contributed by atoms with Crippen molar-refractivity contribution in [3.05, 3.63) is 0 Å². The van der Waals surface area contributed by atoms with Gasteiger partial charge in [0.05, 0.1) is 12.6 Å². The molecule has 1 aliphatic rings. The van der Waals surface area contributed by atoms with Gasteiger partial charge in [-0.3, -0.25) is 0 Å². The van der Waals surface area contributed by atoms with Gasteiger partial charge in [0.15, 0.2) is 0 Å². The fourth-order valence-electron chi connectivity index (χ4n) is 1.41. The summed E-state index contributed by atoms with van der Waals surface area (Å²) < 4.78 is 15.4. The second-order valence-electron chi connectivity index (χ2n) is 2.87. The van der Waals surface area contributed by atoms with Gasteiger partial charge in [0.25, 0.3) is 0 Å². The topological polar surface area (TPSA) is 53.7 Å². The number of ether oxygens (including phenoxy) is 3. The van der Waals surface area contributed by atoms with Gasteiger partial charge in [-0.2, -0.15) is 0 Å². The number of hydrogen-bond acceptors (Lipinski definition) is 4. The minimum absolute atomic E-state index is 0.148. The van der Waals surface area contributed by atoms with Crippen molar-refractivity contribution in [1.82, 2.24) is 0 Å². The van der Waals surface area contributed by atoms with Crippen LogP contribution in [0, 0.1) is 0 Å². The van der Waals surface area contributed by atoms with Gasteiger partial charge in [0.1, 0.15) is 20.1 Å². The quantitative estimate of drug-likeness (QED) is 0.546. The van der Waals surface area contributed by atoms with E-state index in [0.717, 1.165) is 0 Å². The maximum Gasteiger partial charge on any atom is 0.111 e. The summed E-state index contributed by atoms with van der Waals surface area (Å²) in [5, 5.41) is 0. The molecule has 0 aromatic rings. The molecule has 12 heavy (non-hydrogen) atoms. The molecule has 5 heteroatoms. The van der Waals surface area contributed by atoms with Crippen LogP contribution in [0.4, 0.5) is 0 Å². The molecule has 1 aliphatic heterocycles. The summed E-state index contributed by atoms with van der Waals surface area (Å²) in [7, 11) is 8.78. The Kier molecular flexibility index (Phi) is 3.52. The highest BCUT2D eigenvalue weighted by atomic mass is 16.6. The minimum atomic E-state index is -0.449. The lowest BCUT2D eigenvalue weighted by molar-refractivity contribution is -0.0322. The molecule has 4 nitrogen and oxygen atoms in total. The van der Waals surface area contributed by atoms with E-state index >= 15 is 0 Å². The van der Waals surface area contributed by atoms with Crippen molar-refractivity contribution in [2.45, 2.75) is 24.3 Å². The highest BCUT2D eigenvalue weighted by molar-refractivity contribution is 6.11. The van der Waals surface area contributed by atoms with Crippen LogP contribution in [-0.2, 0) is 14.2 Å². The monoisotopic (exact) mass is 171 g/mol. The number of methoxy groups -OCH3 is 2. The summed E-state index contributed by atoms with van der Waals surface area (Å²) >= 11 is 0. The van der Waals surface area contributed by atoms with Crippen LogP contribution in [-0.4, -0.2) is 52.9 Å². The van der Waals surface area contributed by atoms with Crippen LogP contribution in [0.2, 0.25) is 0 Å². The molecule has 1 fully saturated rings. The first kappa shape index (κ1) is 9.99. The number of rotatable bonds is 3. The fraction of sp³-hybridized carbons (Fsp3) is 1.00. The Labute approximate surface area is 73.8 Å². The van der Waals surface area contributed by atoms with E-state index in [1.165, 1.54) is 0 Å². The Morgan fingerprint density at radius 1 is 1.50 bits per heavy atom. The third-order valence-corrected chi connectivity index (χ3v) is 2.06. The van der Waals surface area contributed by atoms with E-state index in [-0.39, 0.29) is 18.2 Å². The zero-order valence-electron chi connectivity index (χ0n) is 7.40. The van der Waals surface area contributed by atoms with Gasteiger partial charge >= 0.3 is 0 Å². The van der Waals surface area contributed by atoms with Gasteiger partial charge in [0, 0.05) is 20.2 Å². The molecule has 1 rings (SSSR count). The summed E-state index contributed by atoms with van der Waals surface area (Å²) in [6.45, 7) is 0.458. The highest BCUT2D eigenvalue weighted by Crippen LogP contribution is 2.20. The summed E-state index contributed by atoms with van der Waals surface area (Å²) in [5.74, 6) is 0. The van der Waals surface area contributed by atoms with Gasteiger partial charge in [-0.15, -0.1) is 0 Å². The van der Waals surface area contributed by atoms with Gasteiger partial charge in [-0.1, -0.05) is 0 Å². The number of hydrogen-bond donors (Lipinski definition) is 1. The SMILES string of the molecule is [B][C@@H]1O[C@H](COC)C(OC)C1N. The summed E-state index contributed by atoms with van der Waals surface area (Å²) in [6.07, 6.45) is -0.315. The molecular weight excluding hydrogens is 157 g/mol. The molecular formula is C7H14BNO3. The van der Waals surface area contributed by atoms with Crippen LogP contribution < -0.4 is 5.73 Å². The largest absolute Gasteiger partial charge is 0.382 e. The van der Waals surface area contributed by atoms with E-state index in [9.17, 15) is 0 Å². The Hall–Kier alpha value is -0.0951. The summed E-state index contributed by atoms with van der Waals surface area (Å²) in [4.78, 5) is 0. The van der Waals surface area contributed by atoms with E-state index in [1.54, 1.807) is 14.2 Å². The van der Waals surface area contributed by atoms with Gasteiger partial charge in [-0.25, -0.2) is 0 Å². The van der Waals surface area contributed by atoms with E-state index in [2.05, 4.69) is 0 Å². The molecule has 0 aliphatic carbocycles. The molecule has 0 bridgehead atoms. The predicted molar refractivity (Wildman–Crippen MR) is 45.1 cm³/mol.